The lowest BCUT2D eigenvalue weighted by Crippen LogP contribution is -2.46. The first-order valence-electron chi connectivity index (χ1n) is 7.43. The van der Waals surface area contributed by atoms with Gasteiger partial charge >= 0.3 is 0 Å². The fraction of sp³-hybridized carbons (Fsp3) is 0.389. The molecule has 1 aromatic carbocycles. The SMILES string of the molecule is CCC(CC)(c1ccccc1)C(N)Cc1ccncc1. The number of rotatable bonds is 6. The average molecular weight is 268 g/mol. The predicted octanol–water partition coefficient (Wildman–Crippen LogP) is 3.71. The van der Waals surface area contributed by atoms with Crippen molar-refractivity contribution in [3.63, 3.8) is 0 Å². The molecule has 1 atom stereocenters. The Balaban J connectivity index is 2.28. The molecule has 2 rings (SSSR count). The standard InChI is InChI=1S/C18H24N2/c1-3-18(4-2,16-8-6-5-7-9-16)17(19)14-15-10-12-20-13-11-15/h5-13,17H,3-4,14,19H2,1-2H3. The lowest BCUT2D eigenvalue weighted by atomic mass is 9.69. The van der Waals surface area contributed by atoms with Crippen molar-refractivity contribution in [2.45, 2.75) is 44.6 Å². The van der Waals surface area contributed by atoms with Gasteiger partial charge in [-0.15, -0.1) is 0 Å². The molecule has 2 N–H and O–H groups in total. The van der Waals surface area contributed by atoms with Gasteiger partial charge in [0.05, 0.1) is 0 Å². The maximum Gasteiger partial charge on any atom is 0.0270 e. The highest BCUT2D eigenvalue weighted by Gasteiger charge is 2.34. The van der Waals surface area contributed by atoms with Gasteiger partial charge in [0.25, 0.3) is 0 Å². The van der Waals surface area contributed by atoms with Crippen LogP contribution in [0.4, 0.5) is 0 Å². The Morgan fingerprint density at radius 2 is 1.60 bits per heavy atom. The van der Waals surface area contributed by atoms with E-state index in [2.05, 4.69) is 61.3 Å². The minimum Gasteiger partial charge on any atom is -0.327 e. The number of aromatic nitrogens is 1. The summed E-state index contributed by atoms with van der Waals surface area (Å²) in [6, 6.07) is 14.9. The third kappa shape index (κ3) is 2.91. The monoisotopic (exact) mass is 268 g/mol. The van der Waals surface area contributed by atoms with E-state index in [1.165, 1.54) is 11.1 Å². The minimum atomic E-state index is 0.0462. The Labute approximate surface area is 122 Å². The van der Waals surface area contributed by atoms with Crippen molar-refractivity contribution in [1.29, 1.82) is 0 Å². The van der Waals surface area contributed by atoms with Crippen molar-refractivity contribution in [3.05, 3.63) is 66.0 Å². The van der Waals surface area contributed by atoms with Crippen LogP contribution in [0.1, 0.15) is 37.8 Å². The summed E-state index contributed by atoms with van der Waals surface area (Å²) in [5.41, 5.74) is 9.28. The first kappa shape index (κ1) is 14.7. The van der Waals surface area contributed by atoms with Gasteiger partial charge in [0, 0.05) is 23.9 Å². The van der Waals surface area contributed by atoms with Gasteiger partial charge in [-0.25, -0.2) is 0 Å². The number of hydrogen-bond acceptors (Lipinski definition) is 2. The molecule has 1 unspecified atom stereocenters. The molecule has 2 heteroatoms. The lowest BCUT2D eigenvalue weighted by molar-refractivity contribution is 0.315. The van der Waals surface area contributed by atoms with Crippen LogP contribution in [0.25, 0.3) is 0 Å². The Bertz CT molecular complexity index is 503. The zero-order valence-corrected chi connectivity index (χ0v) is 12.4. The molecule has 1 heterocycles. The summed E-state index contributed by atoms with van der Waals surface area (Å²) in [7, 11) is 0. The summed E-state index contributed by atoms with van der Waals surface area (Å²) in [5.74, 6) is 0. The summed E-state index contributed by atoms with van der Waals surface area (Å²) < 4.78 is 0. The highest BCUT2D eigenvalue weighted by molar-refractivity contribution is 5.29. The van der Waals surface area contributed by atoms with E-state index in [1.807, 2.05) is 12.4 Å². The second-order valence-corrected chi connectivity index (χ2v) is 5.40. The summed E-state index contributed by atoms with van der Waals surface area (Å²) in [6.07, 6.45) is 6.67. The molecule has 0 saturated heterocycles. The molecular formula is C18H24N2. The molecule has 0 radical (unpaired) electrons. The predicted molar refractivity (Wildman–Crippen MR) is 84.6 cm³/mol. The quantitative estimate of drug-likeness (QED) is 0.867. The number of pyridine rings is 1. The van der Waals surface area contributed by atoms with Crippen molar-refractivity contribution in [1.82, 2.24) is 4.98 Å². The third-order valence-electron chi connectivity index (χ3n) is 4.53. The van der Waals surface area contributed by atoms with Crippen molar-refractivity contribution in [3.8, 4) is 0 Å². The zero-order valence-electron chi connectivity index (χ0n) is 12.4. The van der Waals surface area contributed by atoms with Crippen LogP contribution in [0.3, 0.4) is 0 Å². The topological polar surface area (TPSA) is 38.9 Å². The summed E-state index contributed by atoms with van der Waals surface area (Å²) >= 11 is 0. The van der Waals surface area contributed by atoms with E-state index in [1.54, 1.807) is 0 Å². The first-order chi connectivity index (χ1) is 9.73. The highest BCUT2D eigenvalue weighted by atomic mass is 14.7. The van der Waals surface area contributed by atoms with E-state index >= 15 is 0 Å². The van der Waals surface area contributed by atoms with Crippen LogP contribution in [0.5, 0.6) is 0 Å². The summed E-state index contributed by atoms with van der Waals surface area (Å²) in [6.45, 7) is 4.48. The third-order valence-corrected chi connectivity index (χ3v) is 4.53. The van der Waals surface area contributed by atoms with E-state index in [0.717, 1.165) is 19.3 Å². The molecular weight excluding hydrogens is 244 g/mol. The molecule has 0 aliphatic carbocycles. The Kier molecular flexibility index (Phi) is 4.91. The molecule has 0 aliphatic heterocycles. The van der Waals surface area contributed by atoms with Gasteiger partial charge in [0.2, 0.25) is 0 Å². The zero-order chi connectivity index (χ0) is 14.4. The molecule has 0 bridgehead atoms. The highest BCUT2D eigenvalue weighted by Crippen LogP contribution is 2.35. The molecule has 0 saturated carbocycles. The second kappa shape index (κ2) is 6.67. The van der Waals surface area contributed by atoms with E-state index in [4.69, 9.17) is 5.73 Å². The van der Waals surface area contributed by atoms with E-state index in [-0.39, 0.29) is 11.5 Å². The van der Waals surface area contributed by atoms with Crippen molar-refractivity contribution >= 4 is 0 Å². The summed E-state index contributed by atoms with van der Waals surface area (Å²) in [4.78, 5) is 4.07. The first-order valence-corrected chi connectivity index (χ1v) is 7.43. The fourth-order valence-corrected chi connectivity index (χ4v) is 3.13. The van der Waals surface area contributed by atoms with E-state index in [9.17, 15) is 0 Å². The van der Waals surface area contributed by atoms with Crippen LogP contribution in [0.15, 0.2) is 54.9 Å². The minimum absolute atomic E-state index is 0.0462. The van der Waals surface area contributed by atoms with Gasteiger partial charge in [-0.3, -0.25) is 4.98 Å². The maximum absolute atomic E-state index is 6.62. The lowest BCUT2D eigenvalue weighted by Gasteiger charge is -2.38. The maximum atomic E-state index is 6.62. The Morgan fingerprint density at radius 3 is 2.15 bits per heavy atom. The van der Waals surface area contributed by atoms with Crippen molar-refractivity contribution < 1.29 is 0 Å². The molecule has 1 aromatic heterocycles. The fourth-order valence-electron chi connectivity index (χ4n) is 3.13. The molecule has 0 amide bonds. The van der Waals surface area contributed by atoms with Gasteiger partial charge in [-0.2, -0.15) is 0 Å². The van der Waals surface area contributed by atoms with Gasteiger partial charge in [0.1, 0.15) is 0 Å². The van der Waals surface area contributed by atoms with Gasteiger partial charge < -0.3 is 5.73 Å². The molecule has 20 heavy (non-hydrogen) atoms. The molecule has 2 aromatic rings. The van der Waals surface area contributed by atoms with E-state index in [0.29, 0.717) is 0 Å². The van der Waals surface area contributed by atoms with Crippen LogP contribution in [-0.4, -0.2) is 11.0 Å². The van der Waals surface area contributed by atoms with Crippen LogP contribution < -0.4 is 5.73 Å². The normalized spacial score (nSPS) is 13.2. The number of benzene rings is 1. The van der Waals surface area contributed by atoms with Gasteiger partial charge in [0.15, 0.2) is 0 Å². The number of hydrogen-bond donors (Lipinski definition) is 1. The van der Waals surface area contributed by atoms with Crippen LogP contribution in [0, 0.1) is 0 Å². The Morgan fingerprint density at radius 1 is 1.00 bits per heavy atom. The molecule has 0 aliphatic rings. The Hall–Kier alpha value is -1.67. The van der Waals surface area contributed by atoms with Gasteiger partial charge in [-0.05, 0) is 42.5 Å². The van der Waals surface area contributed by atoms with Gasteiger partial charge in [-0.1, -0.05) is 44.2 Å². The molecule has 106 valence electrons. The molecule has 2 nitrogen and oxygen atoms in total. The largest absolute Gasteiger partial charge is 0.327 e. The van der Waals surface area contributed by atoms with Crippen molar-refractivity contribution in [2.24, 2.45) is 5.73 Å². The van der Waals surface area contributed by atoms with Crippen LogP contribution >= 0.6 is 0 Å². The van der Waals surface area contributed by atoms with Crippen LogP contribution in [0.2, 0.25) is 0 Å². The van der Waals surface area contributed by atoms with Crippen molar-refractivity contribution in [2.75, 3.05) is 0 Å². The molecule has 0 fully saturated rings. The van der Waals surface area contributed by atoms with E-state index < -0.39 is 0 Å². The summed E-state index contributed by atoms with van der Waals surface area (Å²) in [5, 5.41) is 0. The number of nitrogens with two attached hydrogens (primary N) is 1. The number of nitrogens with zero attached hydrogens (tertiary/aromatic N) is 1. The average Bonchev–Trinajstić information content (AvgIpc) is 2.51. The second-order valence-electron chi connectivity index (χ2n) is 5.40. The smallest absolute Gasteiger partial charge is 0.0270 e. The van der Waals surface area contributed by atoms with Crippen LogP contribution in [-0.2, 0) is 11.8 Å². The molecule has 0 spiro atoms.